The predicted molar refractivity (Wildman–Crippen MR) is 123 cm³/mol. The molecule has 3 aromatic rings. The first-order chi connectivity index (χ1) is 14.7. The Labute approximate surface area is 179 Å². The lowest BCUT2D eigenvalue weighted by atomic mass is 9.95. The molecule has 2 bridgehead atoms. The van der Waals surface area contributed by atoms with Crippen LogP contribution in [-0.2, 0) is 0 Å². The first kappa shape index (κ1) is 18.3. The number of nitrogens with zero attached hydrogens (tertiary/aromatic N) is 3. The van der Waals surface area contributed by atoms with Crippen LogP contribution in [0.1, 0.15) is 32.1 Å². The fourth-order valence-corrected chi connectivity index (χ4v) is 6.45. The summed E-state index contributed by atoms with van der Waals surface area (Å²) in [4.78, 5) is 14.2. The Kier molecular flexibility index (Phi) is 4.49. The molecule has 3 fully saturated rings. The number of fused-ring (bicyclic) bond motifs is 3. The van der Waals surface area contributed by atoms with Crippen LogP contribution >= 0.6 is 11.3 Å². The van der Waals surface area contributed by atoms with Gasteiger partial charge >= 0.3 is 0 Å². The van der Waals surface area contributed by atoms with Gasteiger partial charge in [-0.05, 0) is 56.2 Å². The summed E-state index contributed by atoms with van der Waals surface area (Å²) in [5, 5.41) is 11.7. The van der Waals surface area contributed by atoms with Gasteiger partial charge in [-0.3, -0.25) is 0 Å². The summed E-state index contributed by atoms with van der Waals surface area (Å²) in [6.07, 6.45) is 6.33. The highest BCUT2D eigenvalue weighted by Gasteiger charge is 2.40. The first-order valence-electron chi connectivity index (χ1n) is 11.0. The third kappa shape index (κ3) is 3.28. The standard InChI is InChI=1S/C22H27N7S/c23-22-28-19(25-14-7-8-24-11-14)18(21-27-15-3-1-2-4-17(15)30-21)20(29-22)26-16-10-12-5-6-13(16)9-12/h1-4,12-14,16,24H,5-11H2,(H4,23,25,26,28,29)/t12-,13+,14+,16?/m0/s1. The van der Waals surface area contributed by atoms with E-state index in [1.807, 2.05) is 6.07 Å². The van der Waals surface area contributed by atoms with E-state index in [-0.39, 0.29) is 0 Å². The summed E-state index contributed by atoms with van der Waals surface area (Å²) in [7, 11) is 0. The first-order valence-corrected chi connectivity index (χ1v) is 11.8. The number of benzene rings is 1. The molecule has 1 saturated heterocycles. The zero-order valence-corrected chi connectivity index (χ0v) is 17.7. The van der Waals surface area contributed by atoms with Crippen molar-refractivity contribution in [2.45, 2.75) is 44.2 Å². The van der Waals surface area contributed by atoms with Gasteiger partial charge in [-0.2, -0.15) is 9.97 Å². The Bertz CT molecular complexity index is 1040. The second-order valence-corrected chi connectivity index (χ2v) is 9.93. The number of para-hydroxylation sites is 1. The number of thiazole rings is 1. The Balaban J connectivity index is 1.44. The molecule has 8 heteroatoms. The lowest BCUT2D eigenvalue weighted by Crippen LogP contribution is -2.28. The van der Waals surface area contributed by atoms with Crippen LogP contribution in [0.25, 0.3) is 20.8 Å². The molecule has 2 aliphatic carbocycles. The summed E-state index contributed by atoms with van der Waals surface area (Å²) in [5.74, 6) is 3.53. The molecule has 3 aliphatic rings. The summed E-state index contributed by atoms with van der Waals surface area (Å²) in [6, 6.07) is 9.07. The summed E-state index contributed by atoms with van der Waals surface area (Å²) >= 11 is 1.69. The summed E-state index contributed by atoms with van der Waals surface area (Å²) in [5.41, 5.74) is 8.14. The number of hydrogen-bond donors (Lipinski definition) is 4. The van der Waals surface area contributed by atoms with Crippen molar-refractivity contribution >= 4 is 39.1 Å². The van der Waals surface area contributed by atoms with Gasteiger partial charge in [0.05, 0.1) is 15.8 Å². The summed E-state index contributed by atoms with van der Waals surface area (Å²) in [6.45, 7) is 1.95. The van der Waals surface area contributed by atoms with Gasteiger partial charge in [0.1, 0.15) is 16.6 Å². The molecule has 7 nitrogen and oxygen atoms in total. The average molecular weight is 422 g/mol. The molecule has 0 spiro atoms. The van der Waals surface area contributed by atoms with E-state index in [1.165, 1.54) is 30.4 Å². The molecule has 0 amide bonds. The van der Waals surface area contributed by atoms with Crippen molar-refractivity contribution in [1.82, 2.24) is 20.3 Å². The smallest absolute Gasteiger partial charge is 0.223 e. The van der Waals surface area contributed by atoms with Crippen LogP contribution in [0.15, 0.2) is 24.3 Å². The highest BCUT2D eigenvalue weighted by molar-refractivity contribution is 7.21. The molecule has 1 aromatic carbocycles. The third-order valence-corrected chi connectivity index (χ3v) is 7.95. The van der Waals surface area contributed by atoms with E-state index in [0.717, 1.165) is 59.1 Å². The maximum atomic E-state index is 6.17. The van der Waals surface area contributed by atoms with Crippen molar-refractivity contribution < 1.29 is 0 Å². The van der Waals surface area contributed by atoms with Crippen molar-refractivity contribution in [2.24, 2.45) is 11.8 Å². The summed E-state index contributed by atoms with van der Waals surface area (Å²) < 4.78 is 1.17. The van der Waals surface area contributed by atoms with Crippen LogP contribution in [0.4, 0.5) is 17.6 Å². The van der Waals surface area contributed by atoms with Gasteiger partial charge in [0.15, 0.2) is 0 Å². The second kappa shape index (κ2) is 7.35. The van der Waals surface area contributed by atoms with Gasteiger partial charge in [-0.15, -0.1) is 11.3 Å². The quantitative estimate of drug-likeness (QED) is 0.498. The van der Waals surface area contributed by atoms with Crippen LogP contribution < -0.4 is 21.7 Å². The zero-order valence-electron chi connectivity index (χ0n) is 16.9. The Morgan fingerprint density at radius 3 is 2.60 bits per heavy atom. The van der Waals surface area contributed by atoms with Crippen LogP contribution in [0.2, 0.25) is 0 Å². The molecule has 1 unspecified atom stereocenters. The number of rotatable bonds is 5. The molecular formula is C22H27N7S. The van der Waals surface area contributed by atoms with E-state index >= 15 is 0 Å². The number of nitrogen functional groups attached to an aromatic ring is 1. The van der Waals surface area contributed by atoms with E-state index in [9.17, 15) is 0 Å². The average Bonchev–Trinajstić information content (AvgIpc) is 3.52. The van der Waals surface area contributed by atoms with Crippen LogP contribution in [-0.4, -0.2) is 40.1 Å². The van der Waals surface area contributed by atoms with Crippen LogP contribution in [0.5, 0.6) is 0 Å². The highest BCUT2D eigenvalue weighted by Crippen LogP contribution is 2.47. The van der Waals surface area contributed by atoms with Crippen molar-refractivity contribution in [3.05, 3.63) is 24.3 Å². The molecule has 5 N–H and O–H groups in total. The van der Waals surface area contributed by atoms with Crippen molar-refractivity contribution in [3.8, 4) is 10.6 Å². The minimum atomic E-state index is 0.305. The van der Waals surface area contributed by atoms with E-state index in [1.54, 1.807) is 11.3 Å². The van der Waals surface area contributed by atoms with Crippen LogP contribution in [0, 0.1) is 11.8 Å². The maximum absolute atomic E-state index is 6.17. The molecule has 1 aliphatic heterocycles. The predicted octanol–water partition coefficient (Wildman–Crippen LogP) is 3.71. The Morgan fingerprint density at radius 2 is 1.87 bits per heavy atom. The maximum Gasteiger partial charge on any atom is 0.223 e. The molecule has 156 valence electrons. The molecule has 2 saturated carbocycles. The monoisotopic (exact) mass is 421 g/mol. The van der Waals surface area contributed by atoms with E-state index in [4.69, 9.17) is 10.7 Å². The van der Waals surface area contributed by atoms with Crippen molar-refractivity contribution in [3.63, 3.8) is 0 Å². The molecular weight excluding hydrogens is 394 g/mol. The lowest BCUT2D eigenvalue weighted by molar-refractivity contribution is 0.439. The topological polar surface area (TPSA) is 101 Å². The number of hydrogen-bond acceptors (Lipinski definition) is 8. The van der Waals surface area contributed by atoms with Crippen molar-refractivity contribution in [2.75, 3.05) is 29.5 Å². The fourth-order valence-electron chi connectivity index (χ4n) is 5.44. The van der Waals surface area contributed by atoms with Gasteiger partial charge in [-0.25, -0.2) is 4.98 Å². The number of anilines is 3. The molecule has 4 atom stereocenters. The molecule has 30 heavy (non-hydrogen) atoms. The minimum absolute atomic E-state index is 0.305. The number of aromatic nitrogens is 3. The SMILES string of the molecule is Nc1nc(NC2C[C@H]3CC[C@@H]2C3)c(-c2nc3ccccc3s2)c(N[C@@H]2CCNC2)n1. The highest BCUT2D eigenvalue weighted by atomic mass is 32.1. The molecule has 3 heterocycles. The molecule has 6 rings (SSSR count). The normalized spacial score (nSPS) is 27.7. The largest absolute Gasteiger partial charge is 0.368 e. The Morgan fingerprint density at radius 1 is 1.00 bits per heavy atom. The van der Waals surface area contributed by atoms with E-state index in [2.05, 4.69) is 44.1 Å². The fraction of sp³-hybridized carbons (Fsp3) is 0.500. The second-order valence-electron chi connectivity index (χ2n) is 8.90. The number of nitrogens with one attached hydrogen (secondary N) is 3. The molecule has 2 aromatic heterocycles. The van der Waals surface area contributed by atoms with Crippen molar-refractivity contribution in [1.29, 1.82) is 0 Å². The van der Waals surface area contributed by atoms with Gasteiger partial charge < -0.3 is 21.7 Å². The number of nitrogens with two attached hydrogens (primary N) is 1. The zero-order chi connectivity index (χ0) is 20.1. The van der Waals surface area contributed by atoms with Gasteiger partial charge in [0.2, 0.25) is 5.95 Å². The minimum Gasteiger partial charge on any atom is -0.368 e. The van der Waals surface area contributed by atoms with Gasteiger partial charge in [0, 0.05) is 18.6 Å². The van der Waals surface area contributed by atoms with Crippen LogP contribution in [0.3, 0.4) is 0 Å². The van der Waals surface area contributed by atoms with Gasteiger partial charge in [0.25, 0.3) is 0 Å². The third-order valence-electron chi connectivity index (χ3n) is 6.90. The van der Waals surface area contributed by atoms with Gasteiger partial charge in [-0.1, -0.05) is 18.6 Å². The Hall–Kier alpha value is -2.45. The molecule has 0 radical (unpaired) electrons. The lowest BCUT2D eigenvalue weighted by Gasteiger charge is -2.25. The van der Waals surface area contributed by atoms with E-state index in [0.29, 0.717) is 18.0 Å². The van der Waals surface area contributed by atoms with E-state index < -0.39 is 0 Å².